The van der Waals surface area contributed by atoms with Gasteiger partial charge in [0.1, 0.15) is 5.84 Å². The van der Waals surface area contributed by atoms with Crippen LogP contribution in [0.3, 0.4) is 0 Å². The van der Waals surface area contributed by atoms with Gasteiger partial charge < -0.3 is 24.6 Å². The van der Waals surface area contributed by atoms with Gasteiger partial charge in [0.25, 0.3) is 5.91 Å². The lowest BCUT2D eigenvalue weighted by atomic mass is 9.84. The highest BCUT2D eigenvalue weighted by atomic mass is 79.9. The van der Waals surface area contributed by atoms with Gasteiger partial charge in [0.15, 0.2) is 17.3 Å². The number of hydrogen-bond acceptors (Lipinski definition) is 7. The summed E-state index contributed by atoms with van der Waals surface area (Å²) in [6, 6.07) is 9.50. The molecule has 3 rings (SSSR count). The number of rotatable bonds is 10. The van der Waals surface area contributed by atoms with Gasteiger partial charge in [-0.15, -0.1) is 0 Å². The van der Waals surface area contributed by atoms with Crippen molar-refractivity contribution in [2.45, 2.75) is 45.6 Å². The van der Waals surface area contributed by atoms with Crippen LogP contribution in [0, 0.1) is 11.3 Å². The fraction of sp³-hybridized carbons (Fsp3) is 0.448. The number of anilines is 1. The number of nitriles is 1. The van der Waals surface area contributed by atoms with Crippen LogP contribution >= 0.6 is 16.1 Å². The summed E-state index contributed by atoms with van der Waals surface area (Å²) < 4.78 is 16.0. The zero-order valence-electron chi connectivity index (χ0n) is 23.6. The van der Waals surface area contributed by atoms with E-state index in [4.69, 9.17) is 14.7 Å². The van der Waals surface area contributed by atoms with Crippen molar-refractivity contribution in [1.82, 2.24) is 10.2 Å². The maximum atomic E-state index is 13.7. The summed E-state index contributed by atoms with van der Waals surface area (Å²) in [6.07, 6.45) is 0.959. The predicted molar refractivity (Wildman–Crippen MR) is 156 cm³/mol. The minimum Gasteiger partial charge on any atom is -0.493 e. The molecule has 1 N–H and O–H groups in total. The number of amides is 1. The highest BCUT2D eigenvalue weighted by molar-refractivity contribution is 9.08. The normalized spacial score (nSPS) is 13.6. The number of carbonyl (C=O) groups is 2. The number of nitrogens with zero attached hydrogens (tertiary/aromatic N) is 4. The van der Waals surface area contributed by atoms with Crippen molar-refractivity contribution in [3.63, 3.8) is 0 Å². The number of hydrogen-bond donors (Lipinski definition) is 1. The van der Waals surface area contributed by atoms with Gasteiger partial charge in [-0.1, -0.05) is 20.8 Å². The molecule has 0 spiro atoms. The summed E-state index contributed by atoms with van der Waals surface area (Å²) in [5.41, 5.74) is 4.15. The van der Waals surface area contributed by atoms with Gasteiger partial charge in [0, 0.05) is 56.5 Å². The Hall–Kier alpha value is -3.58. The maximum absolute atomic E-state index is 13.7. The fourth-order valence-corrected chi connectivity index (χ4v) is 4.99. The van der Waals surface area contributed by atoms with Gasteiger partial charge in [0.2, 0.25) is 0 Å². The molecule has 10 heteroatoms. The summed E-state index contributed by atoms with van der Waals surface area (Å²) in [5, 5.41) is 11.6. The topological polar surface area (TPSA) is 107 Å². The summed E-state index contributed by atoms with van der Waals surface area (Å²) in [5.74, 6) is 1.36. The predicted octanol–water partition coefficient (Wildman–Crippen LogP) is 4.86. The van der Waals surface area contributed by atoms with E-state index in [1.807, 2.05) is 42.1 Å². The van der Waals surface area contributed by atoms with E-state index in [2.05, 4.69) is 52.3 Å². The van der Waals surface area contributed by atoms with Crippen LogP contribution in [0.1, 0.15) is 71.0 Å². The summed E-state index contributed by atoms with van der Waals surface area (Å²) in [4.78, 5) is 30.1. The highest BCUT2D eigenvalue weighted by Gasteiger charge is 2.31. The molecule has 9 nitrogen and oxygen atoms in total. The van der Waals surface area contributed by atoms with Crippen LogP contribution in [0.25, 0.3) is 0 Å². The lowest BCUT2D eigenvalue weighted by Crippen LogP contribution is -2.31. The van der Waals surface area contributed by atoms with E-state index < -0.39 is 0 Å². The average Bonchev–Trinajstić information content (AvgIpc) is 3.24. The lowest BCUT2D eigenvalue weighted by Gasteiger charge is -2.25. The smallest absolute Gasteiger partial charge is 0.253 e. The third-order valence-electron chi connectivity index (χ3n) is 6.57. The first kappa shape index (κ1) is 30.0. The minimum absolute atomic E-state index is 0.0789. The molecule has 0 fully saturated rings. The van der Waals surface area contributed by atoms with Gasteiger partial charge in [0.05, 0.1) is 48.0 Å². The zero-order valence-corrected chi connectivity index (χ0v) is 25.2. The molecule has 0 aromatic heterocycles. The van der Waals surface area contributed by atoms with Crippen molar-refractivity contribution >= 4 is 39.4 Å². The van der Waals surface area contributed by atoms with Gasteiger partial charge in [-0.05, 0) is 41.7 Å². The van der Waals surface area contributed by atoms with E-state index in [9.17, 15) is 9.59 Å². The first-order chi connectivity index (χ1) is 18.5. The standard InChI is InChI=1S/C29H36BrN5O4/c1-29(2,3)22-12-18(14-25(26(22)38-7)39-11-9-8-10-31)24(36)17-35-16-19-13-23(34(5)6)21(28(37)32-4)15-20(19)27(35)33-30/h12-15H,8-9,11,16-17H2,1-7H3,(H,32,37). The van der Waals surface area contributed by atoms with Gasteiger partial charge in [-0.2, -0.15) is 9.28 Å². The van der Waals surface area contributed by atoms with Crippen LogP contribution in [0.2, 0.25) is 0 Å². The molecule has 0 bridgehead atoms. The molecule has 1 heterocycles. The molecular weight excluding hydrogens is 562 g/mol. The van der Waals surface area contributed by atoms with Gasteiger partial charge >= 0.3 is 0 Å². The Morgan fingerprint density at radius 1 is 1.23 bits per heavy atom. The molecular formula is C29H36BrN5O4. The van der Waals surface area contributed by atoms with E-state index >= 15 is 0 Å². The molecule has 1 aliphatic heterocycles. The SMILES string of the molecule is CNC(=O)c1cc2c(cc1N(C)C)CN(CC(=O)c1cc(OCCCC#N)c(OC)c(C(C)(C)C)c1)C2=NBr. The molecule has 1 amide bonds. The van der Waals surface area contributed by atoms with Gasteiger partial charge in [-0.25, -0.2) is 0 Å². The maximum Gasteiger partial charge on any atom is 0.253 e. The number of ketones is 1. The van der Waals surface area contributed by atoms with Crippen molar-refractivity contribution in [2.24, 2.45) is 4.02 Å². The molecule has 1 aliphatic rings. The number of amidine groups is 1. The van der Waals surface area contributed by atoms with E-state index in [1.54, 1.807) is 20.2 Å². The molecule has 0 aliphatic carbocycles. The molecule has 0 saturated carbocycles. The minimum atomic E-state index is -0.308. The zero-order chi connectivity index (χ0) is 28.9. The second-order valence-electron chi connectivity index (χ2n) is 10.6. The largest absolute Gasteiger partial charge is 0.493 e. The molecule has 0 unspecified atom stereocenters. The number of ether oxygens (including phenoxy) is 2. The molecule has 2 aromatic carbocycles. The quantitative estimate of drug-likeness (QED) is 0.308. The van der Waals surface area contributed by atoms with E-state index in [0.29, 0.717) is 54.5 Å². The molecule has 39 heavy (non-hydrogen) atoms. The van der Waals surface area contributed by atoms with Crippen LogP contribution in [0.15, 0.2) is 28.3 Å². The monoisotopic (exact) mass is 597 g/mol. The number of nitrogens with one attached hydrogen (secondary N) is 1. The fourth-order valence-electron chi connectivity index (χ4n) is 4.57. The Bertz CT molecular complexity index is 1320. The van der Waals surface area contributed by atoms with Crippen LogP contribution in [0.5, 0.6) is 11.5 Å². The molecule has 2 aromatic rings. The Labute approximate surface area is 239 Å². The second-order valence-corrected chi connectivity index (χ2v) is 11.0. The number of Topliss-reactive ketones (excluding diaryl/α,β-unsaturated/α-hetero) is 1. The number of carbonyl (C=O) groups excluding carboxylic acids is 2. The van der Waals surface area contributed by atoms with E-state index in [-0.39, 0.29) is 23.7 Å². The number of methoxy groups -OCH3 is 1. The third-order valence-corrected chi connectivity index (χ3v) is 6.91. The van der Waals surface area contributed by atoms with Gasteiger partial charge in [-0.3, -0.25) is 9.59 Å². The first-order valence-electron chi connectivity index (χ1n) is 12.7. The Morgan fingerprint density at radius 2 is 1.95 bits per heavy atom. The number of unbranched alkanes of at least 4 members (excludes halogenated alkanes) is 1. The van der Waals surface area contributed by atoms with Crippen molar-refractivity contribution in [2.75, 3.05) is 46.3 Å². The highest BCUT2D eigenvalue weighted by Crippen LogP contribution is 2.40. The van der Waals surface area contributed by atoms with Crippen LogP contribution < -0.4 is 19.7 Å². The molecule has 0 atom stereocenters. The first-order valence-corrected chi connectivity index (χ1v) is 13.4. The second kappa shape index (κ2) is 12.5. The molecule has 0 saturated heterocycles. The van der Waals surface area contributed by atoms with Crippen molar-refractivity contribution in [3.05, 3.63) is 52.1 Å². The van der Waals surface area contributed by atoms with Crippen molar-refractivity contribution in [1.29, 1.82) is 5.26 Å². The number of benzene rings is 2. The number of halogens is 1. The summed E-state index contributed by atoms with van der Waals surface area (Å²) in [6.45, 7) is 7.05. The Kier molecular flexibility index (Phi) is 9.62. The lowest BCUT2D eigenvalue weighted by molar-refractivity contribution is 0.0955. The van der Waals surface area contributed by atoms with E-state index in [1.165, 1.54) is 0 Å². The van der Waals surface area contributed by atoms with Crippen LogP contribution in [-0.4, -0.2) is 63.8 Å². The van der Waals surface area contributed by atoms with Crippen LogP contribution in [-0.2, 0) is 12.0 Å². The molecule has 208 valence electrons. The Balaban J connectivity index is 1.97. The summed E-state index contributed by atoms with van der Waals surface area (Å²) >= 11 is 3.23. The van der Waals surface area contributed by atoms with Crippen molar-refractivity contribution in [3.8, 4) is 17.6 Å². The van der Waals surface area contributed by atoms with Crippen molar-refractivity contribution < 1.29 is 19.1 Å². The number of fused-ring (bicyclic) bond motifs is 1. The third kappa shape index (κ3) is 6.53. The Morgan fingerprint density at radius 3 is 2.51 bits per heavy atom. The molecule has 0 radical (unpaired) electrons. The summed E-state index contributed by atoms with van der Waals surface area (Å²) in [7, 11) is 6.96. The average molecular weight is 599 g/mol. The van der Waals surface area contributed by atoms with Crippen LogP contribution in [0.4, 0.5) is 5.69 Å². The van der Waals surface area contributed by atoms with E-state index in [0.717, 1.165) is 22.4 Å².